The maximum atomic E-state index is 14.2. The number of ether oxygens (including phenoxy) is 4. The second kappa shape index (κ2) is 15.5. The van der Waals surface area contributed by atoms with Crippen molar-refractivity contribution in [2.45, 2.75) is 65.1 Å². The van der Waals surface area contributed by atoms with Gasteiger partial charge in [-0.15, -0.1) is 0 Å². The van der Waals surface area contributed by atoms with Gasteiger partial charge in [-0.25, -0.2) is 0 Å². The summed E-state index contributed by atoms with van der Waals surface area (Å²) in [4.78, 5) is 29.4. The van der Waals surface area contributed by atoms with Crippen molar-refractivity contribution in [2.24, 2.45) is 11.8 Å². The Morgan fingerprint density at radius 2 is 1.72 bits per heavy atom. The van der Waals surface area contributed by atoms with Crippen LogP contribution in [0.2, 0.25) is 0 Å². The first-order valence-corrected chi connectivity index (χ1v) is 17.5. The number of carboxylic acids is 1. The third-order valence-corrected chi connectivity index (χ3v) is 9.91. The normalized spacial score (nSPS) is 22.2. The maximum Gasteiger partial charge on any atom is 0.309 e. The number of rotatable bonds is 13. The summed E-state index contributed by atoms with van der Waals surface area (Å²) in [5.41, 5.74) is 6.03. The van der Waals surface area contributed by atoms with Gasteiger partial charge in [0, 0.05) is 18.5 Å². The molecule has 1 saturated heterocycles. The van der Waals surface area contributed by atoms with E-state index in [0.29, 0.717) is 42.9 Å². The van der Waals surface area contributed by atoms with Gasteiger partial charge in [0.1, 0.15) is 12.4 Å². The first-order valence-electron chi connectivity index (χ1n) is 17.5. The van der Waals surface area contributed by atoms with Crippen LogP contribution in [-0.4, -0.2) is 61.1 Å². The summed E-state index contributed by atoms with van der Waals surface area (Å²) < 4.78 is 22.7. The van der Waals surface area contributed by atoms with E-state index in [1.54, 1.807) is 0 Å². The number of hydrogen-bond acceptors (Lipinski definition) is 7. The fourth-order valence-corrected chi connectivity index (χ4v) is 7.41. The summed E-state index contributed by atoms with van der Waals surface area (Å²) in [5, 5.41) is 14.1. The van der Waals surface area contributed by atoms with Gasteiger partial charge in [0.25, 0.3) is 0 Å². The molecule has 264 valence electrons. The summed E-state index contributed by atoms with van der Waals surface area (Å²) >= 11 is 0. The number of carboxylic acid groups (broad SMARTS) is 1. The van der Waals surface area contributed by atoms with Crippen LogP contribution in [0, 0.1) is 18.8 Å². The fraction of sp³-hybridized carbons (Fsp3) is 0.415. The minimum atomic E-state index is -0.924. The summed E-state index contributed by atoms with van der Waals surface area (Å²) in [6.07, 6.45) is 5.59. The lowest BCUT2D eigenvalue weighted by Crippen LogP contribution is -2.40. The van der Waals surface area contributed by atoms with Crippen molar-refractivity contribution in [1.82, 2.24) is 10.2 Å². The number of likely N-dealkylation sites (tertiary alicyclic amines) is 1. The Kier molecular flexibility index (Phi) is 10.9. The zero-order valence-electron chi connectivity index (χ0n) is 29.6. The molecule has 5 atom stereocenters. The fourth-order valence-electron chi connectivity index (χ4n) is 7.41. The molecule has 9 nitrogen and oxygen atoms in total. The number of aryl methyl sites for hydroxylation is 1. The van der Waals surface area contributed by atoms with Crippen molar-refractivity contribution < 1.29 is 33.6 Å². The molecule has 1 fully saturated rings. The molecule has 3 aromatic carbocycles. The zero-order valence-corrected chi connectivity index (χ0v) is 29.6. The van der Waals surface area contributed by atoms with E-state index in [-0.39, 0.29) is 31.4 Å². The van der Waals surface area contributed by atoms with E-state index in [1.165, 1.54) is 0 Å². The summed E-state index contributed by atoms with van der Waals surface area (Å²) in [6, 6.07) is 20.4. The highest BCUT2D eigenvalue weighted by Gasteiger charge is 2.48. The number of aliphatic carboxylic acids is 1. The maximum absolute atomic E-state index is 14.2. The van der Waals surface area contributed by atoms with Crippen LogP contribution in [0.5, 0.6) is 17.2 Å². The lowest BCUT2D eigenvalue weighted by Gasteiger charge is -2.30. The molecule has 0 spiro atoms. The minimum absolute atomic E-state index is 0.0221. The Morgan fingerprint density at radius 1 is 0.980 bits per heavy atom. The molecule has 2 aliphatic heterocycles. The van der Waals surface area contributed by atoms with Crippen molar-refractivity contribution in [3.05, 3.63) is 112 Å². The van der Waals surface area contributed by atoms with E-state index in [4.69, 9.17) is 18.9 Å². The molecule has 9 heteroatoms. The Hall–Kier alpha value is -4.60. The quantitative estimate of drug-likeness (QED) is 0.184. The van der Waals surface area contributed by atoms with Crippen molar-refractivity contribution in [2.75, 3.05) is 33.1 Å². The number of amides is 1. The van der Waals surface area contributed by atoms with Gasteiger partial charge in [0.05, 0.1) is 31.2 Å². The second-order valence-electron chi connectivity index (χ2n) is 13.9. The lowest BCUT2D eigenvalue weighted by atomic mass is 9.82. The van der Waals surface area contributed by atoms with Gasteiger partial charge in [0.2, 0.25) is 12.7 Å². The smallest absolute Gasteiger partial charge is 0.309 e. The molecule has 6 rings (SSSR count). The van der Waals surface area contributed by atoms with Crippen LogP contribution in [0.4, 0.5) is 0 Å². The van der Waals surface area contributed by atoms with Crippen LogP contribution in [0.15, 0.2) is 90.0 Å². The Balaban J connectivity index is 1.30. The molecular weight excluding hydrogens is 632 g/mol. The van der Waals surface area contributed by atoms with E-state index in [1.807, 2.05) is 73.3 Å². The van der Waals surface area contributed by atoms with Gasteiger partial charge in [-0.3, -0.25) is 14.5 Å². The Morgan fingerprint density at radius 3 is 2.46 bits per heavy atom. The molecule has 0 bridgehead atoms. The average molecular weight is 681 g/mol. The summed E-state index contributed by atoms with van der Waals surface area (Å²) in [7, 11) is 0. The number of fused-ring (bicyclic) bond motifs is 1. The molecule has 2 heterocycles. The number of carbonyl (C=O) groups is 2. The van der Waals surface area contributed by atoms with Crippen LogP contribution in [-0.2, 0) is 14.3 Å². The van der Waals surface area contributed by atoms with Crippen molar-refractivity contribution in [3.8, 4) is 17.2 Å². The van der Waals surface area contributed by atoms with Crippen LogP contribution in [0.25, 0.3) is 0 Å². The third-order valence-electron chi connectivity index (χ3n) is 9.91. The summed E-state index contributed by atoms with van der Waals surface area (Å²) in [6.45, 7) is 11.7. The highest BCUT2D eigenvalue weighted by molar-refractivity contribution is 5.80. The number of allylic oxidation sites excluding steroid dienone is 2. The van der Waals surface area contributed by atoms with Gasteiger partial charge in [0.15, 0.2) is 11.5 Å². The largest absolute Gasteiger partial charge is 0.491 e. The van der Waals surface area contributed by atoms with Crippen LogP contribution in [0.3, 0.4) is 0 Å². The number of carbonyl (C=O) groups excluding carboxylic acids is 1. The first-order chi connectivity index (χ1) is 24.1. The number of nitrogens with one attached hydrogen (secondary N) is 1. The molecule has 1 amide bonds. The van der Waals surface area contributed by atoms with Gasteiger partial charge < -0.3 is 29.4 Å². The average Bonchev–Trinajstić information content (AvgIpc) is 3.72. The van der Waals surface area contributed by atoms with Crippen molar-refractivity contribution in [3.63, 3.8) is 0 Å². The summed E-state index contributed by atoms with van der Waals surface area (Å²) in [5.74, 6) is -0.0599. The molecule has 2 N–H and O–H groups in total. The molecule has 0 aromatic heterocycles. The highest BCUT2D eigenvalue weighted by Crippen LogP contribution is 2.48. The van der Waals surface area contributed by atoms with Gasteiger partial charge in [-0.05, 0) is 97.7 Å². The zero-order chi connectivity index (χ0) is 35.4. The Bertz CT molecular complexity index is 1750. The number of benzene rings is 3. The van der Waals surface area contributed by atoms with E-state index in [9.17, 15) is 14.7 Å². The Labute approximate surface area is 294 Å². The van der Waals surface area contributed by atoms with E-state index < -0.39 is 23.8 Å². The predicted octanol–water partition coefficient (Wildman–Crippen LogP) is 7.14. The van der Waals surface area contributed by atoms with Crippen molar-refractivity contribution in [1.29, 1.82) is 0 Å². The molecule has 2 unspecified atom stereocenters. The first kappa shape index (κ1) is 35.2. The third kappa shape index (κ3) is 7.90. The topological polar surface area (TPSA) is 107 Å². The lowest BCUT2D eigenvalue weighted by molar-refractivity contribution is -0.143. The monoisotopic (exact) mass is 680 g/mol. The molecule has 50 heavy (non-hydrogen) atoms. The van der Waals surface area contributed by atoms with Gasteiger partial charge >= 0.3 is 5.97 Å². The van der Waals surface area contributed by atoms with E-state index in [2.05, 4.69) is 50.4 Å². The SMILES string of the molecule is CC1=CCC(C)C=C1C(NC(=O)CN1C[C@H](c2ccc3c(c2)OCO3)[C@@H](C(=O)O)[C@@H]1c1ccc(OCCOC(C)C)cc1)c1ccccc1C. The molecule has 3 aliphatic rings. The highest BCUT2D eigenvalue weighted by atomic mass is 16.7. The molecule has 0 radical (unpaired) electrons. The molecule has 0 saturated carbocycles. The molecule has 1 aliphatic carbocycles. The van der Waals surface area contributed by atoms with Gasteiger partial charge in [-0.1, -0.05) is 61.5 Å². The van der Waals surface area contributed by atoms with Gasteiger partial charge in [-0.2, -0.15) is 0 Å². The van der Waals surface area contributed by atoms with Crippen molar-refractivity contribution >= 4 is 11.9 Å². The minimum Gasteiger partial charge on any atom is -0.491 e. The number of nitrogens with zero attached hydrogens (tertiary/aromatic N) is 1. The van der Waals surface area contributed by atoms with E-state index in [0.717, 1.165) is 39.8 Å². The van der Waals surface area contributed by atoms with Crippen LogP contribution < -0.4 is 19.5 Å². The predicted molar refractivity (Wildman–Crippen MR) is 191 cm³/mol. The van der Waals surface area contributed by atoms with Crippen LogP contribution in [0.1, 0.15) is 74.4 Å². The number of hydrogen-bond donors (Lipinski definition) is 2. The molecule has 3 aromatic rings. The molecular formula is C41H48N2O7. The van der Waals surface area contributed by atoms with E-state index >= 15 is 0 Å². The standard InChI is InChI=1S/C41H48N2O7/c1-25(2)47-18-19-48-31-15-12-29(13-16-31)40-38(41(45)46)34(30-14-17-35-36(21-30)50-24-49-35)22-43(40)23-37(44)42-39(32-9-7-6-8-27(32)4)33-20-26(3)10-11-28(33)5/h6-9,11-17,20-21,25-26,34,38-40H,10,18-19,22-24H2,1-5H3,(H,42,44)(H,45,46)/t26?,34-,38-,39?,40+/m1/s1. The van der Waals surface area contributed by atoms with Crippen LogP contribution >= 0.6 is 0 Å². The second-order valence-corrected chi connectivity index (χ2v) is 13.9.